The molecule has 2 rings (SSSR count). The van der Waals surface area contributed by atoms with Crippen LogP contribution in [0.2, 0.25) is 0 Å². The van der Waals surface area contributed by atoms with Gasteiger partial charge in [0.2, 0.25) is 0 Å². The summed E-state index contributed by atoms with van der Waals surface area (Å²) in [5.74, 6) is 6.28. The van der Waals surface area contributed by atoms with Gasteiger partial charge in [-0.25, -0.2) is 0 Å². The molecule has 0 aliphatic carbocycles. The lowest BCUT2D eigenvalue weighted by molar-refractivity contribution is 0.306. The standard InChI is InChI=1S/C17H16O2/c1-14-4-2-5-16(12-14)13-19-17-9-7-15(8-10-17)6-3-11-18/h2,4-5,7-10,12,18H,11,13H2,1H3. The van der Waals surface area contributed by atoms with E-state index in [-0.39, 0.29) is 6.61 Å². The molecule has 96 valence electrons. The molecule has 0 aliphatic heterocycles. The fraction of sp³-hybridized carbons (Fsp3) is 0.176. The summed E-state index contributed by atoms with van der Waals surface area (Å²) >= 11 is 0. The zero-order chi connectivity index (χ0) is 13.5. The number of ether oxygens (including phenoxy) is 1. The van der Waals surface area contributed by atoms with Gasteiger partial charge in [0.25, 0.3) is 0 Å². The molecule has 0 saturated carbocycles. The molecule has 19 heavy (non-hydrogen) atoms. The van der Waals surface area contributed by atoms with Crippen LogP contribution in [0.25, 0.3) is 0 Å². The van der Waals surface area contributed by atoms with Crippen LogP contribution in [0.15, 0.2) is 48.5 Å². The molecule has 0 spiro atoms. The van der Waals surface area contributed by atoms with E-state index in [0.29, 0.717) is 6.61 Å². The molecule has 0 bridgehead atoms. The third kappa shape index (κ3) is 4.17. The Kier molecular flexibility index (Phi) is 4.60. The maximum atomic E-state index is 8.62. The maximum Gasteiger partial charge on any atom is 0.119 e. The Morgan fingerprint density at radius 1 is 1.11 bits per heavy atom. The molecule has 0 radical (unpaired) electrons. The first kappa shape index (κ1) is 13.2. The highest BCUT2D eigenvalue weighted by molar-refractivity contribution is 5.38. The minimum atomic E-state index is -0.119. The molecule has 2 aromatic carbocycles. The van der Waals surface area contributed by atoms with Crippen LogP contribution in [0.3, 0.4) is 0 Å². The smallest absolute Gasteiger partial charge is 0.119 e. The molecule has 1 N–H and O–H groups in total. The van der Waals surface area contributed by atoms with Crippen LogP contribution in [0.5, 0.6) is 5.75 Å². The predicted molar refractivity (Wildman–Crippen MR) is 75.9 cm³/mol. The number of benzene rings is 2. The van der Waals surface area contributed by atoms with Crippen molar-refractivity contribution in [3.63, 3.8) is 0 Å². The summed E-state index contributed by atoms with van der Waals surface area (Å²) in [7, 11) is 0. The Morgan fingerprint density at radius 3 is 2.58 bits per heavy atom. The van der Waals surface area contributed by atoms with Crippen LogP contribution >= 0.6 is 0 Å². The first-order valence-electron chi connectivity index (χ1n) is 6.16. The number of rotatable bonds is 3. The maximum absolute atomic E-state index is 8.62. The highest BCUT2D eigenvalue weighted by Gasteiger charge is 1.96. The topological polar surface area (TPSA) is 29.5 Å². The van der Waals surface area contributed by atoms with E-state index in [2.05, 4.69) is 30.9 Å². The minimum Gasteiger partial charge on any atom is -0.489 e. The SMILES string of the molecule is Cc1cccc(COc2ccc(C#CCO)cc2)c1. The first-order chi connectivity index (χ1) is 9.28. The van der Waals surface area contributed by atoms with Crippen molar-refractivity contribution in [2.24, 2.45) is 0 Å². The summed E-state index contributed by atoms with van der Waals surface area (Å²) < 4.78 is 5.71. The molecule has 0 saturated heterocycles. The second kappa shape index (κ2) is 6.63. The molecule has 2 nitrogen and oxygen atoms in total. The number of aliphatic hydroxyl groups excluding tert-OH is 1. The van der Waals surface area contributed by atoms with Crippen molar-refractivity contribution in [1.29, 1.82) is 0 Å². The fourth-order valence-corrected chi connectivity index (χ4v) is 1.74. The Morgan fingerprint density at radius 2 is 1.89 bits per heavy atom. The second-order valence-corrected chi connectivity index (χ2v) is 4.26. The lowest BCUT2D eigenvalue weighted by Gasteiger charge is -2.06. The number of hydrogen-bond acceptors (Lipinski definition) is 2. The van der Waals surface area contributed by atoms with Gasteiger partial charge in [0.1, 0.15) is 19.0 Å². The minimum absolute atomic E-state index is 0.119. The van der Waals surface area contributed by atoms with Crippen LogP contribution in [-0.4, -0.2) is 11.7 Å². The molecule has 0 amide bonds. The van der Waals surface area contributed by atoms with Crippen molar-refractivity contribution < 1.29 is 9.84 Å². The van der Waals surface area contributed by atoms with Gasteiger partial charge >= 0.3 is 0 Å². The van der Waals surface area contributed by atoms with Gasteiger partial charge in [0, 0.05) is 5.56 Å². The number of hydrogen-bond donors (Lipinski definition) is 1. The molecule has 0 unspecified atom stereocenters. The summed E-state index contributed by atoms with van der Waals surface area (Å²) in [6, 6.07) is 15.8. The van der Waals surface area contributed by atoms with E-state index in [1.165, 1.54) is 5.56 Å². The highest BCUT2D eigenvalue weighted by Crippen LogP contribution is 2.14. The summed E-state index contributed by atoms with van der Waals surface area (Å²) in [4.78, 5) is 0. The quantitative estimate of drug-likeness (QED) is 0.851. The molecule has 0 atom stereocenters. The van der Waals surface area contributed by atoms with Gasteiger partial charge in [-0.2, -0.15) is 0 Å². The van der Waals surface area contributed by atoms with Crippen molar-refractivity contribution >= 4 is 0 Å². The van der Waals surface area contributed by atoms with Gasteiger partial charge in [-0.05, 0) is 36.8 Å². The Bertz CT molecular complexity index is 589. The van der Waals surface area contributed by atoms with Crippen molar-refractivity contribution in [1.82, 2.24) is 0 Å². The van der Waals surface area contributed by atoms with E-state index in [4.69, 9.17) is 9.84 Å². The Balaban J connectivity index is 1.96. The van der Waals surface area contributed by atoms with Gasteiger partial charge < -0.3 is 9.84 Å². The zero-order valence-electron chi connectivity index (χ0n) is 10.9. The van der Waals surface area contributed by atoms with E-state index in [0.717, 1.165) is 16.9 Å². The molecular weight excluding hydrogens is 236 g/mol. The van der Waals surface area contributed by atoms with Gasteiger partial charge in [-0.1, -0.05) is 41.7 Å². The van der Waals surface area contributed by atoms with Crippen molar-refractivity contribution in [2.45, 2.75) is 13.5 Å². The normalized spacial score (nSPS) is 9.58. The van der Waals surface area contributed by atoms with Crippen LogP contribution < -0.4 is 4.74 Å². The van der Waals surface area contributed by atoms with Gasteiger partial charge in [0.15, 0.2) is 0 Å². The van der Waals surface area contributed by atoms with E-state index >= 15 is 0 Å². The Hall–Kier alpha value is -2.24. The monoisotopic (exact) mass is 252 g/mol. The summed E-state index contributed by atoms with van der Waals surface area (Å²) in [5, 5.41) is 8.62. The molecule has 0 aliphatic rings. The van der Waals surface area contributed by atoms with E-state index in [9.17, 15) is 0 Å². The van der Waals surface area contributed by atoms with E-state index < -0.39 is 0 Å². The number of aryl methyl sites for hydroxylation is 1. The molecule has 2 heteroatoms. The zero-order valence-corrected chi connectivity index (χ0v) is 10.9. The van der Waals surface area contributed by atoms with Crippen molar-refractivity contribution in [2.75, 3.05) is 6.61 Å². The summed E-state index contributed by atoms with van der Waals surface area (Å²) in [6.45, 7) is 2.51. The van der Waals surface area contributed by atoms with Crippen molar-refractivity contribution in [3.05, 3.63) is 65.2 Å². The average molecular weight is 252 g/mol. The molecule has 0 heterocycles. The molecule has 0 fully saturated rings. The van der Waals surface area contributed by atoms with Crippen LogP contribution in [-0.2, 0) is 6.61 Å². The van der Waals surface area contributed by atoms with Gasteiger partial charge in [-0.15, -0.1) is 0 Å². The van der Waals surface area contributed by atoms with Crippen molar-refractivity contribution in [3.8, 4) is 17.6 Å². The highest BCUT2D eigenvalue weighted by atomic mass is 16.5. The lowest BCUT2D eigenvalue weighted by Crippen LogP contribution is -1.95. The van der Waals surface area contributed by atoms with E-state index in [1.807, 2.05) is 36.4 Å². The van der Waals surface area contributed by atoms with Gasteiger partial charge in [0.05, 0.1) is 0 Å². The first-order valence-corrected chi connectivity index (χ1v) is 6.16. The lowest BCUT2D eigenvalue weighted by atomic mass is 10.1. The third-order valence-electron chi connectivity index (χ3n) is 2.65. The predicted octanol–water partition coefficient (Wildman–Crippen LogP) is 2.92. The fourth-order valence-electron chi connectivity index (χ4n) is 1.74. The van der Waals surface area contributed by atoms with Crippen LogP contribution in [0.4, 0.5) is 0 Å². The molecule has 0 aromatic heterocycles. The Labute approximate surface area is 113 Å². The van der Waals surface area contributed by atoms with Crippen LogP contribution in [0.1, 0.15) is 16.7 Å². The molecule has 2 aromatic rings. The average Bonchev–Trinajstić information content (AvgIpc) is 2.44. The van der Waals surface area contributed by atoms with Gasteiger partial charge in [-0.3, -0.25) is 0 Å². The largest absolute Gasteiger partial charge is 0.489 e. The van der Waals surface area contributed by atoms with E-state index in [1.54, 1.807) is 0 Å². The third-order valence-corrected chi connectivity index (χ3v) is 2.65. The van der Waals surface area contributed by atoms with Crippen LogP contribution in [0, 0.1) is 18.8 Å². The summed E-state index contributed by atoms with van der Waals surface area (Å²) in [5.41, 5.74) is 3.26. The molecular formula is C17H16O2. The second-order valence-electron chi connectivity index (χ2n) is 4.26. The summed E-state index contributed by atoms with van der Waals surface area (Å²) in [6.07, 6.45) is 0. The number of aliphatic hydroxyl groups is 1.